The molecule has 9 heteroatoms. The molecule has 3 aromatic rings. The number of hydrogen-bond acceptors (Lipinski definition) is 8. The van der Waals surface area contributed by atoms with Crippen LogP contribution in [0, 0.1) is 6.92 Å². The number of nitrogens with two attached hydrogens (primary N) is 1. The summed E-state index contributed by atoms with van der Waals surface area (Å²) in [4.78, 5) is 13.7. The van der Waals surface area contributed by atoms with Gasteiger partial charge >= 0.3 is 0 Å². The van der Waals surface area contributed by atoms with Gasteiger partial charge in [0, 0.05) is 30.3 Å². The van der Waals surface area contributed by atoms with Gasteiger partial charge in [-0.3, -0.25) is 4.36 Å². The Labute approximate surface area is 208 Å². The van der Waals surface area contributed by atoms with Gasteiger partial charge in [0.1, 0.15) is 11.6 Å². The smallest absolute Gasteiger partial charge is 0.228 e. The molecule has 1 aliphatic carbocycles. The molecule has 3 N–H and O–H groups in total. The Hall–Kier alpha value is -2.75. The van der Waals surface area contributed by atoms with E-state index in [1.54, 1.807) is 7.11 Å². The third kappa shape index (κ3) is 4.48. The van der Waals surface area contributed by atoms with E-state index < -0.39 is 0 Å². The molecule has 1 saturated carbocycles. The molecule has 8 nitrogen and oxygen atoms in total. The molecule has 6 rings (SSSR count). The maximum atomic E-state index is 6.43. The predicted octanol–water partition coefficient (Wildman–Crippen LogP) is 3.43. The van der Waals surface area contributed by atoms with E-state index in [4.69, 9.17) is 29.5 Å². The highest BCUT2D eigenvalue weighted by Crippen LogP contribution is 2.36. The fraction of sp³-hybridized carbons (Fsp3) is 0.462. The van der Waals surface area contributed by atoms with Gasteiger partial charge in [-0.15, -0.1) is 0 Å². The standard InChI is InChI=1S/C26H32N6O2S/c1-17-7-10-20-22(23(17)33-2)24(28-14-26(27)15-34-16-26)30-25(29-20)32-11-12-35(31-19-8-9-19)21-6-4-3-5-18(21)13-32/h3-7,10,19H,8-9,11-16,27H2,1-2H3,(H,28,29,30). The van der Waals surface area contributed by atoms with Crippen molar-refractivity contribution in [2.45, 2.75) is 42.8 Å². The highest BCUT2D eigenvalue weighted by atomic mass is 32.2. The molecule has 3 aliphatic rings. The molecular formula is C26H32N6O2S. The Morgan fingerprint density at radius 3 is 2.80 bits per heavy atom. The molecule has 184 valence electrons. The number of anilines is 2. The van der Waals surface area contributed by atoms with Crippen LogP contribution in [0.4, 0.5) is 11.8 Å². The molecular weight excluding hydrogens is 460 g/mol. The van der Waals surface area contributed by atoms with Crippen molar-refractivity contribution < 1.29 is 9.47 Å². The molecule has 0 spiro atoms. The van der Waals surface area contributed by atoms with Gasteiger partial charge in [-0.2, -0.15) is 4.98 Å². The number of rotatable bonds is 6. The lowest BCUT2D eigenvalue weighted by Gasteiger charge is -2.38. The maximum Gasteiger partial charge on any atom is 0.228 e. The summed E-state index contributed by atoms with van der Waals surface area (Å²) >= 11 is 0. The first-order valence-electron chi connectivity index (χ1n) is 12.2. The summed E-state index contributed by atoms with van der Waals surface area (Å²) in [5, 5.41) is 4.40. The normalized spacial score (nSPS) is 21.3. The van der Waals surface area contributed by atoms with E-state index in [9.17, 15) is 0 Å². The third-order valence-corrected chi connectivity index (χ3v) is 8.87. The van der Waals surface area contributed by atoms with Crippen LogP contribution in [0.2, 0.25) is 0 Å². The van der Waals surface area contributed by atoms with Crippen molar-refractivity contribution in [3.8, 4) is 5.75 Å². The van der Waals surface area contributed by atoms with E-state index in [0.29, 0.717) is 31.7 Å². The molecule has 0 bridgehead atoms. The summed E-state index contributed by atoms with van der Waals surface area (Å²) in [6.07, 6.45) is 2.46. The van der Waals surface area contributed by atoms with Crippen LogP contribution in [-0.4, -0.2) is 60.7 Å². The highest BCUT2D eigenvalue weighted by Gasteiger charge is 2.34. The number of fused-ring (bicyclic) bond motifs is 2. The van der Waals surface area contributed by atoms with Gasteiger partial charge in [-0.1, -0.05) is 35.0 Å². The molecule has 1 aromatic heterocycles. The Bertz CT molecular complexity index is 1300. The lowest BCUT2D eigenvalue weighted by atomic mass is 9.99. The van der Waals surface area contributed by atoms with Crippen molar-refractivity contribution >= 4 is 33.4 Å². The molecule has 1 saturated heterocycles. The molecule has 3 heterocycles. The van der Waals surface area contributed by atoms with E-state index in [1.807, 2.05) is 13.0 Å². The average molecular weight is 493 g/mol. The topological polar surface area (TPSA) is 97.9 Å². The summed E-state index contributed by atoms with van der Waals surface area (Å²) in [6.45, 7) is 5.32. The number of methoxy groups -OCH3 is 1. The van der Waals surface area contributed by atoms with Crippen LogP contribution in [0.3, 0.4) is 0 Å². The molecule has 2 fully saturated rings. The zero-order valence-electron chi connectivity index (χ0n) is 20.3. The van der Waals surface area contributed by atoms with Crippen LogP contribution in [-0.2, 0) is 22.0 Å². The van der Waals surface area contributed by atoms with Gasteiger partial charge in [0.25, 0.3) is 0 Å². The van der Waals surface area contributed by atoms with E-state index >= 15 is 0 Å². The Morgan fingerprint density at radius 1 is 1.23 bits per heavy atom. The van der Waals surface area contributed by atoms with Crippen LogP contribution in [0.5, 0.6) is 5.75 Å². The van der Waals surface area contributed by atoms with E-state index in [0.717, 1.165) is 46.9 Å². The minimum absolute atomic E-state index is 0.0868. The zero-order chi connectivity index (χ0) is 24.0. The number of benzene rings is 2. The molecule has 0 amide bonds. The number of nitrogens with one attached hydrogen (secondary N) is 1. The lowest BCUT2D eigenvalue weighted by molar-refractivity contribution is -0.0461. The van der Waals surface area contributed by atoms with Gasteiger partial charge in [0.2, 0.25) is 5.95 Å². The number of ether oxygens (including phenoxy) is 2. The van der Waals surface area contributed by atoms with Crippen molar-refractivity contribution in [2.24, 2.45) is 10.1 Å². The van der Waals surface area contributed by atoms with Gasteiger partial charge in [0.05, 0.1) is 42.8 Å². The second-order valence-corrected chi connectivity index (χ2v) is 11.6. The number of aryl methyl sites for hydroxylation is 1. The molecule has 1 unspecified atom stereocenters. The first-order chi connectivity index (χ1) is 17.0. The van der Waals surface area contributed by atoms with Crippen LogP contribution >= 0.6 is 0 Å². The minimum atomic E-state index is -0.380. The van der Waals surface area contributed by atoms with Gasteiger partial charge in [0.15, 0.2) is 0 Å². The van der Waals surface area contributed by atoms with E-state index in [1.165, 1.54) is 23.3 Å². The van der Waals surface area contributed by atoms with Crippen molar-refractivity contribution in [1.29, 1.82) is 0 Å². The van der Waals surface area contributed by atoms with Crippen LogP contribution < -0.4 is 20.7 Å². The van der Waals surface area contributed by atoms with Crippen molar-refractivity contribution in [1.82, 2.24) is 9.97 Å². The molecule has 1 atom stereocenters. The number of hydrogen-bond donors (Lipinski definition) is 2. The van der Waals surface area contributed by atoms with Gasteiger partial charge < -0.3 is 25.4 Å². The molecule has 2 aliphatic heterocycles. The SMILES string of the molecule is COc1c(C)ccc2nc(N3CCS(=NC4CC4)c4ccccc4C3)nc(NCC3(N)COC3)c12. The summed E-state index contributed by atoms with van der Waals surface area (Å²) in [6, 6.07) is 13.4. The Balaban J connectivity index is 1.40. The molecule has 0 radical (unpaired) electrons. The highest BCUT2D eigenvalue weighted by molar-refractivity contribution is 7.87. The van der Waals surface area contributed by atoms with Crippen LogP contribution in [0.1, 0.15) is 24.0 Å². The fourth-order valence-electron chi connectivity index (χ4n) is 4.64. The van der Waals surface area contributed by atoms with Crippen molar-refractivity contribution in [3.63, 3.8) is 0 Å². The van der Waals surface area contributed by atoms with Crippen LogP contribution in [0.15, 0.2) is 45.7 Å². The molecule has 2 aromatic carbocycles. The summed E-state index contributed by atoms with van der Waals surface area (Å²) in [7, 11) is 1.61. The first-order valence-corrected chi connectivity index (χ1v) is 13.6. The van der Waals surface area contributed by atoms with Crippen LogP contribution in [0.25, 0.3) is 10.9 Å². The van der Waals surface area contributed by atoms with Gasteiger partial charge in [-0.05, 0) is 43.0 Å². The first kappa shape index (κ1) is 22.7. The summed E-state index contributed by atoms with van der Waals surface area (Å²) in [5.41, 5.74) is 9.26. The average Bonchev–Trinajstić information content (AvgIpc) is 3.69. The van der Waals surface area contributed by atoms with E-state index in [2.05, 4.69) is 40.5 Å². The molecule has 35 heavy (non-hydrogen) atoms. The van der Waals surface area contributed by atoms with E-state index in [-0.39, 0.29) is 16.2 Å². The number of nitrogens with zero attached hydrogens (tertiary/aromatic N) is 4. The maximum absolute atomic E-state index is 6.43. The largest absolute Gasteiger partial charge is 0.496 e. The third-order valence-electron chi connectivity index (χ3n) is 6.84. The number of aromatic nitrogens is 2. The fourth-order valence-corrected chi connectivity index (χ4v) is 6.72. The second kappa shape index (κ2) is 9.04. The van der Waals surface area contributed by atoms with Crippen molar-refractivity contribution in [3.05, 3.63) is 47.5 Å². The summed E-state index contributed by atoms with van der Waals surface area (Å²) < 4.78 is 16.3. The second-order valence-electron chi connectivity index (χ2n) is 9.83. The van der Waals surface area contributed by atoms with Gasteiger partial charge in [-0.25, -0.2) is 4.98 Å². The monoisotopic (exact) mass is 492 g/mol. The Morgan fingerprint density at radius 2 is 2.06 bits per heavy atom. The lowest BCUT2D eigenvalue weighted by Crippen LogP contribution is -2.61. The predicted molar refractivity (Wildman–Crippen MR) is 140 cm³/mol. The zero-order valence-corrected chi connectivity index (χ0v) is 21.1. The minimum Gasteiger partial charge on any atom is -0.496 e. The van der Waals surface area contributed by atoms with Crippen molar-refractivity contribution in [2.75, 3.05) is 49.4 Å². The quantitative estimate of drug-likeness (QED) is 0.544. The summed E-state index contributed by atoms with van der Waals surface area (Å²) in [5.74, 6) is 3.24. The Kier molecular flexibility index (Phi) is 5.86.